The number of carboxylic acids is 1. The number of amides is 1. The van der Waals surface area contributed by atoms with Gasteiger partial charge in [0.05, 0.1) is 12.9 Å². The SMILES string of the molecule is O=C(O)c1cccc(C(=O)Nc2ccccc2Cn2ccnc2)n1. The lowest BCUT2D eigenvalue weighted by Gasteiger charge is -2.11. The van der Waals surface area contributed by atoms with Crippen LogP contribution in [0.1, 0.15) is 26.5 Å². The van der Waals surface area contributed by atoms with Crippen molar-refractivity contribution in [1.82, 2.24) is 14.5 Å². The number of aromatic nitrogens is 3. The molecule has 0 bridgehead atoms. The summed E-state index contributed by atoms with van der Waals surface area (Å²) in [7, 11) is 0. The van der Waals surface area contributed by atoms with Gasteiger partial charge in [-0.3, -0.25) is 4.79 Å². The van der Waals surface area contributed by atoms with Gasteiger partial charge in [0, 0.05) is 18.1 Å². The Morgan fingerprint density at radius 1 is 1.08 bits per heavy atom. The van der Waals surface area contributed by atoms with Crippen LogP contribution >= 0.6 is 0 Å². The van der Waals surface area contributed by atoms with E-state index in [0.717, 1.165) is 5.56 Å². The van der Waals surface area contributed by atoms with Gasteiger partial charge >= 0.3 is 5.97 Å². The molecule has 1 aromatic carbocycles. The van der Waals surface area contributed by atoms with E-state index < -0.39 is 11.9 Å². The van der Waals surface area contributed by atoms with Crippen molar-refractivity contribution in [3.05, 3.63) is 78.1 Å². The van der Waals surface area contributed by atoms with Gasteiger partial charge in [0.2, 0.25) is 0 Å². The number of pyridine rings is 1. The summed E-state index contributed by atoms with van der Waals surface area (Å²) in [6.45, 7) is 0.555. The maximum Gasteiger partial charge on any atom is 0.354 e. The third-order valence-electron chi connectivity index (χ3n) is 3.38. The minimum absolute atomic E-state index is 0.0485. The second-order valence-corrected chi connectivity index (χ2v) is 5.06. The van der Waals surface area contributed by atoms with E-state index in [0.29, 0.717) is 12.2 Å². The summed E-state index contributed by atoms with van der Waals surface area (Å²) >= 11 is 0. The van der Waals surface area contributed by atoms with Crippen LogP contribution in [0, 0.1) is 0 Å². The fraction of sp³-hybridized carbons (Fsp3) is 0.0588. The molecule has 0 atom stereocenters. The first-order chi connectivity index (χ1) is 11.6. The van der Waals surface area contributed by atoms with Crippen molar-refractivity contribution in [2.45, 2.75) is 6.54 Å². The predicted octanol–water partition coefficient (Wildman–Crippen LogP) is 2.28. The van der Waals surface area contributed by atoms with Crippen molar-refractivity contribution in [3.63, 3.8) is 0 Å². The fourth-order valence-electron chi connectivity index (χ4n) is 2.22. The number of hydrogen-bond acceptors (Lipinski definition) is 4. The van der Waals surface area contributed by atoms with Crippen LogP contribution in [-0.4, -0.2) is 31.5 Å². The minimum atomic E-state index is -1.18. The Morgan fingerprint density at radius 3 is 2.62 bits per heavy atom. The number of carboxylic acid groups (broad SMARTS) is 1. The molecule has 0 aliphatic heterocycles. The molecule has 0 radical (unpaired) electrons. The van der Waals surface area contributed by atoms with E-state index in [2.05, 4.69) is 15.3 Å². The van der Waals surface area contributed by atoms with Crippen LogP contribution in [0.4, 0.5) is 5.69 Å². The van der Waals surface area contributed by atoms with Crippen LogP contribution in [0.3, 0.4) is 0 Å². The highest BCUT2D eigenvalue weighted by atomic mass is 16.4. The molecule has 2 aromatic heterocycles. The molecule has 7 heteroatoms. The van der Waals surface area contributed by atoms with E-state index in [4.69, 9.17) is 5.11 Å². The number of para-hydroxylation sites is 1. The number of nitrogens with zero attached hydrogens (tertiary/aromatic N) is 3. The van der Waals surface area contributed by atoms with Crippen LogP contribution < -0.4 is 5.32 Å². The molecule has 0 unspecified atom stereocenters. The van der Waals surface area contributed by atoms with Gasteiger partial charge in [-0.2, -0.15) is 0 Å². The molecule has 0 saturated heterocycles. The smallest absolute Gasteiger partial charge is 0.354 e. The van der Waals surface area contributed by atoms with E-state index in [-0.39, 0.29) is 11.4 Å². The van der Waals surface area contributed by atoms with E-state index >= 15 is 0 Å². The summed E-state index contributed by atoms with van der Waals surface area (Å²) in [5, 5.41) is 11.7. The number of carbonyl (C=O) groups excluding carboxylic acids is 1. The molecule has 1 amide bonds. The molecule has 2 heterocycles. The van der Waals surface area contributed by atoms with E-state index in [1.807, 2.05) is 29.0 Å². The van der Waals surface area contributed by atoms with Crippen molar-refractivity contribution >= 4 is 17.6 Å². The van der Waals surface area contributed by atoms with Gasteiger partial charge in [0.25, 0.3) is 5.91 Å². The number of hydrogen-bond donors (Lipinski definition) is 2. The first-order valence-electron chi connectivity index (χ1n) is 7.19. The minimum Gasteiger partial charge on any atom is -0.477 e. The zero-order valence-corrected chi connectivity index (χ0v) is 12.6. The number of rotatable bonds is 5. The van der Waals surface area contributed by atoms with Gasteiger partial charge in [-0.15, -0.1) is 0 Å². The number of benzene rings is 1. The summed E-state index contributed by atoms with van der Waals surface area (Å²) in [6.07, 6.45) is 5.20. The Balaban J connectivity index is 1.82. The summed E-state index contributed by atoms with van der Waals surface area (Å²) in [5.74, 6) is -1.64. The maximum absolute atomic E-state index is 12.4. The Labute approximate surface area is 137 Å². The quantitative estimate of drug-likeness (QED) is 0.751. The number of carbonyl (C=O) groups is 2. The molecule has 24 heavy (non-hydrogen) atoms. The fourth-order valence-corrected chi connectivity index (χ4v) is 2.22. The number of aromatic carboxylic acids is 1. The van der Waals surface area contributed by atoms with E-state index in [9.17, 15) is 9.59 Å². The first-order valence-corrected chi connectivity index (χ1v) is 7.19. The monoisotopic (exact) mass is 322 g/mol. The van der Waals surface area contributed by atoms with Gasteiger partial charge in [-0.05, 0) is 23.8 Å². The lowest BCUT2D eigenvalue weighted by molar-refractivity contribution is 0.0690. The zero-order valence-electron chi connectivity index (χ0n) is 12.6. The second kappa shape index (κ2) is 6.74. The number of nitrogens with one attached hydrogen (secondary N) is 1. The lowest BCUT2D eigenvalue weighted by Crippen LogP contribution is -2.17. The largest absolute Gasteiger partial charge is 0.477 e. The van der Waals surface area contributed by atoms with Gasteiger partial charge in [-0.25, -0.2) is 14.8 Å². The van der Waals surface area contributed by atoms with Crippen molar-refractivity contribution in [2.75, 3.05) is 5.32 Å². The molecule has 0 fully saturated rings. The van der Waals surface area contributed by atoms with Crippen molar-refractivity contribution in [1.29, 1.82) is 0 Å². The molecule has 3 rings (SSSR count). The Hall–Kier alpha value is -3.48. The normalized spacial score (nSPS) is 10.3. The summed E-state index contributed by atoms with van der Waals surface area (Å²) in [5.41, 5.74) is 1.42. The van der Waals surface area contributed by atoms with E-state index in [1.54, 1.807) is 18.6 Å². The van der Waals surface area contributed by atoms with Gasteiger partial charge in [-0.1, -0.05) is 24.3 Å². The maximum atomic E-state index is 12.4. The van der Waals surface area contributed by atoms with Crippen molar-refractivity contribution < 1.29 is 14.7 Å². The molecule has 120 valence electrons. The molecular formula is C17H14N4O3. The Bertz CT molecular complexity index is 875. The topological polar surface area (TPSA) is 97.1 Å². The summed E-state index contributed by atoms with van der Waals surface area (Å²) < 4.78 is 1.88. The van der Waals surface area contributed by atoms with Crippen LogP contribution in [0.25, 0.3) is 0 Å². The van der Waals surface area contributed by atoms with E-state index in [1.165, 1.54) is 18.2 Å². The zero-order chi connectivity index (χ0) is 16.9. The van der Waals surface area contributed by atoms with Gasteiger partial charge < -0.3 is 15.0 Å². The highest BCUT2D eigenvalue weighted by Gasteiger charge is 2.13. The average molecular weight is 322 g/mol. The second-order valence-electron chi connectivity index (χ2n) is 5.06. The first kappa shape index (κ1) is 15.4. The Morgan fingerprint density at radius 2 is 1.88 bits per heavy atom. The molecule has 0 saturated carbocycles. The molecule has 2 N–H and O–H groups in total. The summed E-state index contributed by atoms with van der Waals surface area (Å²) in [4.78, 5) is 31.2. The van der Waals surface area contributed by atoms with Crippen molar-refractivity contribution in [2.24, 2.45) is 0 Å². The third kappa shape index (κ3) is 3.46. The molecule has 0 spiro atoms. The standard InChI is InChI=1S/C17H14N4O3/c22-16(14-6-3-7-15(19-14)17(23)24)20-13-5-2-1-4-12(13)10-21-9-8-18-11-21/h1-9,11H,10H2,(H,20,22)(H,23,24). The number of imidazole rings is 1. The average Bonchev–Trinajstić information content (AvgIpc) is 3.10. The van der Waals surface area contributed by atoms with Gasteiger partial charge in [0.15, 0.2) is 0 Å². The van der Waals surface area contributed by atoms with Crippen LogP contribution in [0.15, 0.2) is 61.2 Å². The molecular weight excluding hydrogens is 308 g/mol. The molecule has 3 aromatic rings. The Kier molecular flexibility index (Phi) is 4.33. The predicted molar refractivity (Wildman–Crippen MR) is 86.9 cm³/mol. The third-order valence-corrected chi connectivity index (χ3v) is 3.38. The highest BCUT2D eigenvalue weighted by Crippen LogP contribution is 2.17. The highest BCUT2D eigenvalue weighted by molar-refractivity contribution is 6.03. The molecule has 0 aliphatic carbocycles. The van der Waals surface area contributed by atoms with Crippen molar-refractivity contribution in [3.8, 4) is 0 Å². The van der Waals surface area contributed by atoms with Crippen LogP contribution in [0.2, 0.25) is 0 Å². The number of anilines is 1. The molecule has 0 aliphatic rings. The summed E-state index contributed by atoms with van der Waals surface area (Å²) in [6, 6.07) is 11.7. The molecule has 7 nitrogen and oxygen atoms in total. The van der Waals surface area contributed by atoms with Gasteiger partial charge in [0.1, 0.15) is 11.4 Å². The van der Waals surface area contributed by atoms with Crippen LogP contribution in [-0.2, 0) is 6.54 Å². The van der Waals surface area contributed by atoms with Crippen LogP contribution in [0.5, 0.6) is 0 Å². The lowest BCUT2D eigenvalue weighted by atomic mass is 10.1.